The number of carboxylic acid groups (broad SMARTS) is 2. The van der Waals surface area contributed by atoms with Crippen molar-refractivity contribution in [3.63, 3.8) is 0 Å². The molecule has 35 heavy (non-hydrogen) atoms. The molecular weight excluding hydrogens is 531 g/mol. The van der Waals surface area contributed by atoms with Gasteiger partial charge in [0.25, 0.3) is 0 Å². The first-order valence-electron chi connectivity index (χ1n) is 11.1. The predicted molar refractivity (Wildman–Crippen MR) is 138 cm³/mol. The Kier molecular flexibility index (Phi) is 8.38. The lowest BCUT2D eigenvalue weighted by Gasteiger charge is -2.20. The number of allylic oxidation sites excluding steroid dienone is 1. The highest BCUT2D eigenvalue weighted by molar-refractivity contribution is 7.19. The van der Waals surface area contributed by atoms with Crippen molar-refractivity contribution < 1.29 is 24.4 Å². The average molecular weight is 555 g/mol. The molecule has 0 saturated carbocycles. The molecule has 0 radical (unpaired) electrons. The number of aryl methyl sites for hydroxylation is 1. The van der Waals surface area contributed by atoms with E-state index in [1.54, 1.807) is 0 Å². The molecule has 0 bridgehead atoms. The van der Waals surface area contributed by atoms with Gasteiger partial charge in [0.05, 0.1) is 21.1 Å². The Morgan fingerprint density at radius 3 is 2.54 bits per heavy atom. The van der Waals surface area contributed by atoms with E-state index < -0.39 is 11.9 Å². The van der Waals surface area contributed by atoms with E-state index in [4.69, 9.17) is 43.4 Å². The van der Waals surface area contributed by atoms with E-state index in [1.165, 1.54) is 22.7 Å². The molecule has 0 aliphatic carbocycles. The minimum absolute atomic E-state index is 0.140. The van der Waals surface area contributed by atoms with Crippen LogP contribution < -0.4 is 18.7 Å². The van der Waals surface area contributed by atoms with Crippen LogP contribution in [-0.4, -0.2) is 38.7 Å². The molecule has 0 atom stereocenters. The predicted octanol–water partition coefficient (Wildman–Crippen LogP) is 3.71. The van der Waals surface area contributed by atoms with Gasteiger partial charge in [0, 0.05) is 31.7 Å². The van der Waals surface area contributed by atoms with Crippen LogP contribution in [0.4, 0.5) is 5.82 Å². The minimum Gasteiger partial charge on any atom is -0.481 e. The average Bonchev–Trinajstić information content (AvgIpc) is 3.36. The van der Waals surface area contributed by atoms with Crippen LogP contribution in [0.2, 0.25) is 5.02 Å². The Hall–Kier alpha value is -2.53. The second-order valence-corrected chi connectivity index (χ2v) is 11.0. The van der Waals surface area contributed by atoms with Gasteiger partial charge in [-0.25, -0.2) is 9.55 Å². The lowest BCUT2D eigenvalue weighted by atomic mass is 10.2. The van der Waals surface area contributed by atoms with E-state index in [9.17, 15) is 9.59 Å². The third kappa shape index (κ3) is 6.78. The number of unbranched alkanes of at least 4 members (excludes halogenated alkanes) is 2. The summed E-state index contributed by atoms with van der Waals surface area (Å²) in [6.45, 7) is 1.27. The van der Waals surface area contributed by atoms with Gasteiger partial charge in [-0.15, -0.1) is 11.3 Å². The summed E-state index contributed by atoms with van der Waals surface area (Å²) in [4.78, 5) is 33.1. The van der Waals surface area contributed by atoms with Gasteiger partial charge >= 0.3 is 17.6 Å². The highest BCUT2D eigenvalue weighted by atomic mass is 35.5. The molecule has 3 aromatic rings. The molecule has 12 heteroatoms. The van der Waals surface area contributed by atoms with Crippen molar-refractivity contribution in [3.05, 3.63) is 42.7 Å². The van der Waals surface area contributed by atoms with E-state index in [0.29, 0.717) is 48.8 Å². The zero-order valence-corrected chi connectivity index (χ0v) is 21.8. The molecule has 184 valence electrons. The van der Waals surface area contributed by atoms with Crippen LogP contribution in [-0.2, 0) is 16.1 Å². The Morgan fingerprint density at radius 2 is 1.80 bits per heavy atom. The maximum atomic E-state index is 10.8. The van der Waals surface area contributed by atoms with Crippen LogP contribution in [0.3, 0.4) is 0 Å². The first kappa shape index (κ1) is 25.6. The van der Waals surface area contributed by atoms with Crippen LogP contribution in [0.25, 0.3) is 22.5 Å². The topological polar surface area (TPSA) is 108 Å². The van der Waals surface area contributed by atoms with Crippen molar-refractivity contribution in [2.45, 2.75) is 45.1 Å². The number of thiazole rings is 2. The second-order valence-electron chi connectivity index (χ2n) is 8.03. The third-order valence-electron chi connectivity index (χ3n) is 5.27. The zero-order valence-electron chi connectivity index (χ0n) is 18.6. The zero-order chi connectivity index (χ0) is 24.9. The quantitative estimate of drug-likeness (QED) is 0.275. The van der Waals surface area contributed by atoms with Gasteiger partial charge in [0.15, 0.2) is 5.82 Å². The molecule has 0 spiro atoms. The maximum Gasteiger partial charge on any atom is 0.342 e. The number of carboxylic acids is 2. The van der Waals surface area contributed by atoms with Crippen molar-refractivity contribution in [3.8, 4) is 0 Å². The van der Waals surface area contributed by atoms with E-state index in [1.807, 2.05) is 40.1 Å². The number of rotatable bonds is 11. The van der Waals surface area contributed by atoms with Gasteiger partial charge in [0.2, 0.25) is 5.01 Å². The SMILES string of the molecule is O=C(O)CCCCN1C=C(Cl)C=c2s/c(=C\c3nc4c(cc(Cl)c[n+]4CCCCC(=O)O)s3)nc21. The third-order valence-corrected chi connectivity index (χ3v) is 7.56. The number of pyridine rings is 1. The molecule has 0 aromatic carbocycles. The van der Waals surface area contributed by atoms with Crippen LogP contribution in [0.5, 0.6) is 0 Å². The first-order valence-corrected chi connectivity index (χ1v) is 13.4. The summed E-state index contributed by atoms with van der Waals surface area (Å²) in [6, 6.07) is 1.88. The van der Waals surface area contributed by atoms with Crippen LogP contribution in [0, 0.1) is 0 Å². The smallest absolute Gasteiger partial charge is 0.342 e. The molecular formula is C23H23Cl2N4O4S2+. The number of hydrogen-bond donors (Lipinski definition) is 2. The molecule has 3 aromatic heterocycles. The Morgan fingerprint density at radius 1 is 1.06 bits per heavy atom. The van der Waals surface area contributed by atoms with E-state index >= 15 is 0 Å². The summed E-state index contributed by atoms with van der Waals surface area (Å²) in [7, 11) is 0. The summed E-state index contributed by atoms with van der Waals surface area (Å²) in [6.07, 6.45) is 10.3. The molecule has 1 aliphatic rings. The van der Waals surface area contributed by atoms with Gasteiger partial charge < -0.3 is 15.1 Å². The fourth-order valence-electron chi connectivity index (χ4n) is 3.71. The fraction of sp³-hybridized carbons (Fsp3) is 0.348. The number of anilines is 1. The van der Waals surface area contributed by atoms with E-state index in [0.717, 1.165) is 30.4 Å². The molecule has 8 nitrogen and oxygen atoms in total. The van der Waals surface area contributed by atoms with Crippen molar-refractivity contribution in [1.29, 1.82) is 0 Å². The minimum atomic E-state index is -0.796. The largest absolute Gasteiger partial charge is 0.481 e. The van der Waals surface area contributed by atoms with Crippen molar-refractivity contribution in [2.24, 2.45) is 0 Å². The summed E-state index contributed by atoms with van der Waals surface area (Å²) in [5.74, 6) is -0.787. The van der Waals surface area contributed by atoms with E-state index in [2.05, 4.69) is 0 Å². The molecule has 0 amide bonds. The standard InChI is InChI=1S/C23H22Cl2N4O4S2/c24-14-9-16-22(28(12-14)7-3-1-5-20(30)31)26-18(34-16)11-19-27-23-17(35-19)10-15(25)13-29(23)8-4-2-6-21(32)33/h9-13H,1-8H2,(H-,30,31,32,33)/p+1. The van der Waals surface area contributed by atoms with Gasteiger partial charge in [0.1, 0.15) is 15.6 Å². The van der Waals surface area contributed by atoms with Gasteiger partial charge in [-0.2, -0.15) is 0 Å². The van der Waals surface area contributed by atoms with Gasteiger partial charge in [-0.05, 0) is 42.8 Å². The van der Waals surface area contributed by atoms with Crippen molar-refractivity contribution in [2.75, 3.05) is 11.4 Å². The Labute approximate surface area is 219 Å². The summed E-state index contributed by atoms with van der Waals surface area (Å²) in [5.41, 5.74) is 0.804. The highest BCUT2D eigenvalue weighted by Crippen LogP contribution is 2.24. The number of fused-ring (bicyclic) bond motifs is 2. The molecule has 4 heterocycles. The van der Waals surface area contributed by atoms with Crippen molar-refractivity contribution >= 4 is 86.1 Å². The van der Waals surface area contributed by atoms with Crippen LogP contribution in [0.15, 0.2) is 23.5 Å². The molecule has 0 saturated heterocycles. The van der Waals surface area contributed by atoms with E-state index in [-0.39, 0.29) is 12.8 Å². The van der Waals surface area contributed by atoms with Crippen LogP contribution in [0.1, 0.15) is 43.5 Å². The molecule has 0 fully saturated rings. The van der Waals surface area contributed by atoms with Gasteiger partial charge in [-0.1, -0.05) is 34.5 Å². The second kappa shape index (κ2) is 11.5. The number of carbonyl (C=O) groups is 2. The summed E-state index contributed by atoms with van der Waals surface area (Å²) in [5, 5.41) is 19.7. The molecule has 0 unspecified atom stereocenters. The normalized spacial score (nSPS) is 13.6. The number of nitrogens with zero attached hydrogens (tertiary/aromatic N) is 4. The fourth-order valence-corrected chi connectivity index (χ4v) is 6.31. The summed E-state index contributed by atoms with van der Waals surface area (Å²) >= 11 is 15.6. The highest BCUT2D eigenvalue weighted by Gasteiger charge is 2.19. The molecule has 4 rings (SSSR count). The van der Waals surface area contributed by atoms with Gasteiger partial charge in [-0.3, -0.25) is 9.59 Å². The lowest BCUT2D eigenvalue weighted by molar-refractivity contribution is -0.673. The Balaban J connectivity index is 1.57. The molecule has 2 N–H and O–H groups in total. The number of aromatic nitrogens is 3. The van der Waals surface area contributed by atoms with Crippen LogP contribution >= 0.6 is 45.9 Å². The summed E-state index contributed by atoms with van der Waals surface area (Å²) < 4.78 is 4.65. The molecule has 1 aliphatic heterocycles. The number of hydrogen-bond acceptors (Lipinski definition) is 7. The number of halogens is 2. The number of aliphatic carboxylic acids is 2. The maximum absolute atomic E-state index is 10.8. The Bertz CT molecular complexity index is 1420. The first-order chi connectivity index (χ1) is 16.8. The monoisotopic (exact) mass is 553 g/mol. The van der Waals surface area contributed by atoms with Crippen molar-refractivity contribution in [1.82, 2.24) is 9.97 Å². The lowest BCUT2D eigenvalue weighted by Crippen LogP contribution is -2.34.